The van der Waals surface area contributed by atoms with Gasteiger partial charge in [-0.25, -0.2) is 0 Å². The van der Waals surface area contributed by atoms with Crippen molar-refractivity contribution in [1.82, 2.24) is 0 Å². The summed E-state index contributed by atoms with van der Waals surface area (Å²) in [6, 6.07) is 0. The minimum atomic E-state index is -1.41. The Morgan fingerprint density at radius 1 is 0.765 bits per heavy atom. The Morgan fingerprint density at radius 2 is 1.35 bits per heavy atom. The molecule has 1 saturated heterocycles. The van der Waals surface area contributed by atoms with Gasteiger partial charge in [-0.15, -0.1) is 0 Å². The molecule has 1 aliphatic rings. The van der Waals surface area contributed by atoms with Crippen molar-refractivity contribution in [3.63, 3.8) is 0 Å². The normalized spacial score (nSPS) is 25.1. The summed E-state index contributed by atoms with van der Waals surface area (Å²) in [6.45, 7) is 4.33. The van der Waals surface area contributed by atoms with E-state index in [-0.39, 0.29) is 12.6 Å². The summed E-state index contributed by atoms with van der Waals surface area (Å²) >= 11 is 0. The fourth-order valence-corrected chi connectivity index (χ4v) is 4.01. The Balaban J connectivity index is 2.02. The number of hydrogen-bond acceptors (Lipinski definition) is 7. The number of unbranched alkanes of at least 4 members (excludes halogenated alkanes) is 11. The van der Waals surface area contributed by atoms with E-state index in [0.29, 0.717) is 13.0 Å². The number of carbonyl (C=O) groups is 1. The van der Waals surface area contributed by atoms with Crippen molar-refractivity contribution in [1.29, 1.82) is 0 Å². The summed E-state index contributed by atoms with van der Waals surface area (Å²) in [5.74, 6) is -0.347. The Labute approximate surface area is 206 Å². The Bertz CT molecular complexity index is 525. The largest absolute Gasteiger partial charge is 0.463 e. The summed E-state index contributed by atoms with van der Waals surface area (Å²) in [7, 11) is 0. The van der Waals surface area contributed by atoms with Crippen LogP contribution in [0.2, 0.25) is 0 Å². The average molecular weight is 487 g/mol. The molecule has 0 aromatic heterocycles. The van der Waals surface area contributed by atoms with Crippen LogP contribution in [0.5, 0.6) is 0 Å². The molecule has 0 radical (unpaired) electrons. The van der Waals surface area contributed by atoms with E-state index in [4.69, 9.17) is 14.2 Å². The van der Waals surface area contributed by atoms with Crippen molar-refractivity contribution in [2.45, 2.75) is 141 Å². The van der Waals surface area contributed by atoms with Gasteiger partial charge in [-0.05, 0) is 38.5 Å². The number of ether oxygens (including phenoxy) is 3. The zero-order valence-electron chi connectivity index (χ0n) is 21.5. The second-order valence-electron chi connectivity index (χ2n) is 9.40. The maximum absolute atomic E-state index is 12.0. The van der Waals surface area contributed by atoms with Gasteiger partial charge in [0.05, 0.1) is 0 Å². The van der Waals surface area contributed by atoms with Crippen molar-refractivity contribution in [3.05, 3.63) is 12.2 Å². The van der Waals surface area contributed by atoms with Crippen LogP contribution in [-0.4, -0.2) is 65.2 Å². The summed E-state index contributed by atoms with van der Waals surface area (Å²) in [5.41, 5.74) is 0. The van der Waals surface area contributed by atoms with Crippen LogP contribution >= 0.6 is 0 Å². The van der Waals surface area contributed by atoms with E-state index in [9.17, 15) is 20.1 Å². The van der Waals surface area contributed by atoms with Crippen LogP contribution in [0.3, 0.4) is 0 Å². The number of rotatable bonds is 20. The van der Waals surface area contributed by atoms with Gasteiger partial charge in [0, 0.05) is 13.0 Å². The van der Waals surface area contributed by atoms with Crippen molar-refractivity contribution < 1.29 is 34.3 Å². The lowest BCUT2D eigenvalue weighted by Gasteiger charge is -2.39. The van der Waals surface area contributed by atoms with Crippen LogP contribution in [0.15, 0.2) is 12.2 Å². The molecule has 1 unspecified atom stereocenters. The molecular formula is C27H50O7. The van der Waals surface area contributed by atoms with E-state index in [1.54, 1.807) is 0 Å². The summed E-state index contributed by atoms with van der Waals surface area (Å²) < 4.78 is 16.1. The van der Waals surface area contributed by atoms with E-state index >= 15 is 0 Å². The quantitative estimate of drug-likeness (QED) is 0.129. The minimum Gasteiger partial charge on any atom is -0.463 e. The molecule has 0 aromatic carbocycles. The number of allylic oxidation sites excluding steroid dienone is 2. The molecular weight excluding hydrogens is 436 g/mol. The zero-order valence-corrected chi connectivity index (χ0v) is 21.5. The van der Waals surface area contributed by atoms with E-state index in [1.807, 2.05) is 6.92 Å². The Kier molecular flexibility index (Phi) is 18.5. The molecule has 0 aromatic rings. The molecule has 0 saturated carbocycles. The number of hydrogen-bond donors (Lipinski definition) is 3. The Hall–Kier alpha value is -0.990. The van der Waals surface area contributed by atoms with Gasteiger partial charge < -0.3 is 29.5 Å². The maximum Gasteiger partial charge on any atom is 0.305 e. The molecule has 7 nitrogen and oxygen atoms in total. The first-order chi connectivity index (χ1) is 16.5. The number of carbonyl (C=O) groups excluding carboxylic acids is 1. The molecule has 0 spiro atoms. The third kappa shape index (κ3) is 13.8. The molecule has 0 amide bonds. The molecule has 1 fully saturated rings. The zero-order chi connectivity index (χ0) is 25.0. The molecule has 1 rings (SSSR count). The molecule has 1 heterocycles. The second-order valence-corrected chi connectivity index (χ2v) is 9.40. The van der Waals surface area contributed by atoms with Crippen LogP contribution in [0.1, 0.15) is 110 Å². The highest BCUT2D eigenvalue weighted by Gasteiger charge is 2.44. The predicted molar refractivity (Wildman–Crippen MR) is 133 cm³/mol. The smallest absolute Gasteiger partial charge is 0.305 e. The van der Waals surface area contributed by atoms with Gasteiger partial charge in [0.1, 0.15) is 31.0 Å². The van der Waals surface area contributed by atoms with Gasteiger partial charge in [0.2, 0.25) is 0 Å². The first-order valence-electron chi connectivity index (χ1n) is 13.6. The monoisotopic (exact) mass is 486 g/mol. The highest BCUT2D eigenvalue weighted by molar-refractivity contribution is 5.69. The molecule has 34 heavy (non-hydrogen) atoms. The van der Waals surface area contributed by atoms with Crippen LogP contribution in [-0.2, 0) is 19.0 Å². The maximum atomic E-state index is 12.0. The van der Waals surface area contributed by atoms with Gasteiger partial charge in [-0.1, -0.05) is 77.4 Å². The standard InChI is InChI=1S/C27H50O7/c1-3-5-6-7-8-9-10-11-12-13-14-15-16-17-18-19-23(28)33-21-22-24(29)25(30)26(31)27(34-22)32-20-4-2/h11-12,22,24-27,29-31H,3-10,13-21H2,1-2H3/b12-11-/t22-,24-,25+,26-,27?/m1/s1. The number of aliphatic hydroxyl groups is 3. The molecule has 1 aliphatic heterocycles. The van der Waals surface area contributed by atoms with Crippen molar-refractivity contribution in [3.8, 4) is 0 Å². The highest BCUT2D eigenvalue weighted by atomic mass is 16.7. The van der Waals surface area contributed by atoms with Gasteiger partial charge in [-0.2, -0.15) is 0 Å². The molecule has 0 aliphatic carbocycles. The van der Waals surface area contributed by atoms with E-state index in [1.165, 1.54) is 51.4 Å². The average Bonchev–Trinajstić information content (AvgIpc) is 2.84. The third-order valence-electron chi connectivity index (χ3n) is 6.21. The summed E-state index contributed by atoms with van der Waals surface area (Å²) in [5, 5.41) is 30.1. The van der Waals surface area contributed by atoms with Gasteiger partial charge in [0.25, 0.3) is 0 Å². The molecule has 7 heteroatoms. The fourth-order valence-electron chi connectivity index (χ4n) is 4.01. The van der Waals surface area contributed by atoms with E-state index in [2.05, 4.69) is 19.1 Å². The van der Waals surface area contributed by atoms with Gasteiger partial charge in [0.15, 0.2) is 6.29 Å². The van der Waals surface area contributed by atoms with Crippen molar-refractivity contribution in [2.24, 2.45) is 0 Å². The lowest BCUT2D eigenvalue weighted by atomic mass is 9.99. The SMILES string of the molecule is CCCCCCCC/C=C\CCCCCCCC(=O)OC[C@H]1OC(OCCC)[C@H](O)[C@@H](O)[C@@H]1O. The molecule has 5 atom stereocenters. The molecule has 200 valence electrons. The first-order valence-corrected chi connectivity index (χ1v) is 13.6. The van der Waals surface area contributed by atoms with Crippen LogP contribution in [0, 0.1) is 0 Å². The topological polar surface area (TPSA) is 105 Å². The van der Waals surface area contributed by atoms with Crippen LogP contribution < -0.4 is 0 Å². The van der Waals surface area contributed by atoms with Gasteiger partial charge in [-0.3, -0.25) is 4.79 Å². The summed E-state index contributed by atoms with van der Waals surface area (Å²) in [6.07, 6.45) is 15.2. The fraction of sp³-hybridized carbons (Fsp3) is 0.889. The van der Waals surface area contributed by atoms with E-state index in [0.717, 1.165) is 38.5 Å². The first kappa shape index (κ1) is 31.0. The second kappa shape index (κ2) is 20.2. The van der Waals surface area contributed by atoms with Gasteiger partial charge >= 0.3 is 5.97 Å². The van der Waals surface area contributed by atoms with Crippen molar-refractivity contribution >= 4 is 5.97 Å². The highest BCUT2D eigenvalue weighted by Crippen LogP contribution is 2.23. The molecule has 3 N–H and O–H groups in total. The van der Waals surface area contributed by atoms with Crippen LogP contribution in [0.25, 0.3) is 0 Å². The lowest BCUT2D eigenvalue weighted by molar-refractivity contribution is -0.301. The summed E-state index contributed by atoms with van der Waals surface area (Å²) in [4.78, 5) is 12.0. The molecule has 0 bridgehead atoms. The number of aliphatic hydroxyl groups excluding tert-OH is 3. The van der Waals surface area contributed by atoms with Crippen LogP contribution in [0.4, 0.5) is 0 Å². The minimum absolute atomic E-state index is 0.180. The number of esters is 1. The van der Waals surface area contributed by atoms with Crippen molar-refractivity contribution in [2.75, 3.05) is 13.2 Å². The van der Waals surface area contributed by atoms with E-state index < -0.39 is 30.7 Å². The predicted octanol–water partition coefficient (Wildman–Crippen LogP) is 4.80. The lowest BCUT2D eigenvalue weighted by Crippen LogP contribution is -2.59. The third-order valence-corrected chi connectivity index (χ3v) is 6.21. The Morgan fingerprint density at radius 3 is 1.97 bits per heavy atom.